The van der Waals surface area contributed by atoms with E-state index in [2.05, 4.69) is 51.3 Å². The molecule has 0 aliphatic rings. The predicted molar refractivity (Wildman–Crippen MR) is 73.5 cm³/mol. The highest BCUT2D eigenvalue weighted by molar-refractivity contribution is 5.63. The minimum Gasteiger partial charge on any atom is -0.100 e. The summed E-state index contributed by atoms with van der Waals surface area (Å²) in [6.45, 7) is 12.3. The van der Waals surface area contributed by atoms with Gasteiger partial charge in [-0.2, -0.15) is 0 Å². The monoisotopic (exact) mass is 214 g/mol. The molecule has 0 amide bonds. The lowest BCUT2D eigenvalue weighted by atomic mass is 9.99. The summed E-state index contributed by atoms with van der Waals surface area (Å²) in [7, 11) is 0. The van der Waals surface area contributed by atoms with E-state index in [1.165, 1.54) is 35.1 Å². The Morgan fingerprint density at radius 2 is 1.56 bits per heavy atom. The molecule has 0 saturated heterocycles. The van der Waals surface area contributed by atoms with Crippen LogP contribution in [0.15, 0.2) is 43.0 Å². The molecule has 0 radical (unpaired) electrons. The zero-order chi connectivity index (χ0) is 12.0. The number of rotatable bonds is 6. The fourth-order valence-electron chi connectivity index (χ4n) is 1.70. The number of aryl methyl sites for hydroxylation is 1. The Kier molecular flexibility index (Phi) is 5.04. The van der Waals surface area contributed by atoms with E-state index >= 15 is 0 Å². The molecule has 0 fully saturated rings. The van der Waals surface area contributed by atoms with E-state index in [1.807, 2.05) is 0 Å². The first kappa shape index (κ1) is 12.8. The molecule has 0 atom stereocenters. The van der Waals surface area contributed by atoms with Gasteiger partial charge in [0.25, 0.3) is 0 Å². The highest BCUT2D eigenvalue weighted by atomic mass is 14.0. The van der Waals surface area contributed by atoms with Crippen LogP contribution in [0, 0.1) is 6.92 Å². The lowest BCUT2D eigenvalue weighted by molar-refractivity contribution is 0.750. The van der Waals surface area contributed by atoms with E-state index < -0.39 is 0 Å². The quantitative estimate of drug-likeness (QED) is 0.454. The molecule has 0 bridgehead atoms. The Labute approximate surface area is 99.7 Å². The Balaban J connectivity index is 2.35. The second-order valence-corrected chi connectivity index (χ2v) is 4.63. The third kappa shape index (κ3) is 4.48. The van der Waals surface area contributed by atoms with Crippen molar-refractivity contribution in [3.63, 3.8) is 0 Å². The Hall–Kier alpha value is -1.30. The number of benzene rings is 1. The lowest BCUT2D eigenvalue weighted by Gasteiger charge is -2.06. The molecule has 0 aromatic heterocycles. The van der Waals surface area contributed by atoms with Crippen LogP contribution in [-0.4, -0.2) is 0 Å². The molecule has 0 spiro atoms. The number of unbranched alkanes of at least 4 members (excludes halogenated alkanes) is 1. The number of hydrogen-bond donors (Lipinski definition) is 0. The van der Waals surface area contributed by atoms with Gasteiger partial charge in [-0.05, 0) is 50.7 Å². The van der Waals surface area contributed by atoms with Gasteiger partial charge in [-0.25, -0.2) is 0 Å². The van der Waals surface area contributed by atoms with Gasteiger partial charge in [0.1, 0.15) is 0 Å². The van der Waals surface area contributed by atoms with Crippen molar-refractivity contribution in [1.29, 1.82) is 0 Å². The first-order chi connectivity index (χ1) is 7.59. The van der Waals surface area contributed by atoms with Gasteiger partial charge in [-0.1, -0.05) is 42.0 Å². The standard InChI is InChI=1S/C16H22/c1-13(2)7-5-6-8-15(4)16-11-9-14(3)10-12-16/h9-12H,1,4-8H2,2-3H3. The molecule has 0 heteroatoms. The van der Waals surface area contributed by atoms with Gasteiger partial charge in [0.15, 0.2) is 0 Å². The van der Waals surface area contributed by atoms with Gasteiger partial charge in [-0.3, -0.25) is 0 Å². The summed E-state index contributed by atoms with van der Waals surface area (Å²) < 4.78 is 0. The van der Waals surface area contributed by atoms with E-state index in [4.69, 9.17) is 0 Å². The summed E-state index contributed by atoms with van der Waals surface area (Å²) >= 11 is 0. The SMILES string of the molecule is C=C(C)CCCCC(=C)c1ccc(C)cc1. The second kappa shape index (κ2) is 6.32. The summed E-state index contributed by atoms with van der Waals surface area (Å²) in [6, 6.07) is 8.62. The second-order valence-electron chi connectivity index (χ2n) is 4.63. The summed E-state index contributed by atoms with van der Waals surface area (Å²) in [5.41, 5.74) is 5.11. The van der Waals surface area contributed by atoms with Crippen molar-refractivity contribution in [2.24, 2.45) is 0 Å². The summed E-state index contributed by atoms with van der Waals surface area (Å²) in [5, 5.41) is 0. The van der Waals surface area contributed by atoms with Crippen molar-refractivity contribution < 1.29 is 0 Å². The highest BCUT2D eigenvalue weighted by Gasteiger charge is 1.98. The maximum atomic E-state index is 4.15. The maximum absolute atomic E-state index is 4.15. The van der Waals surface area contributed by atoms with Crippen molar-refractivity contribution in [1.82, 2.24) is 0 Å². The van der Waals surface area contributed by atoms with Crippen LogP contribution in [-0.2, 0) is 0 Å². The minimum atomic E-state index is 1.09. The lowest BCUT2D eigenvalue weighted by Crippen LogP contribution is -1.85. The molecule has 16 heavy (non-hydrogen) atoms. The smallest absolute Gasteiger partial charge is 0.0230 e. The van der Waals surface area contributed by atoms with Crippen molar-refractivity contribution in [3.05, 3.63) is 54.1 Å². The van der Waals surface area contributed by atoms with Crippen LogP contribution in [0.3, 0.4) is 0 Å². The topological polar surface area (TPSA) is 0 Å². The minimum absolute atomic E-state index is 1.09. The zero-order valence-corrected chi connectivity index (χ0v) is 10.6. The van der Waals surface area contributed by atoms with Crippen LogP contribution < -0.4 is 0 Å². The molecule has 0 aliphatic carbocycles. The third-order valence-corrected chi connectivity index (χ3v) is 2.79. The molecular weight excluding hydrogens is 192 g/mol. The van der Waals surface area contributed by atoms with E-state index in [1.54, 1.807) is 0 Å². The van der Waals surface area contributed by atoms with Gasteiger partial charge in [0, 0.05) is 0 Å². The van der Waals surface area contributed by atoms with E-state index in [0.717, 1.165) is 12.8 Å². The molecule has 0 heterocycles. The Bertz CT molecular complexity index is 354. The molecule has 0 aliphatic heterocycles. The van der Waals surface area contributed by atoms with Crippen LogP contribution >= 0.6 is 0 Å². The number of hydrogen-bond acceptors (Lipinski definition) is 0. The molecular formula is C16H22. The molecule has 0 unspecified atom stereocenters. The van der Waals surface area contributed by atoms with Gasteiger partial charge >= 0.3 is 0 Å². The van der Waals surface area contributed by atoms with E-state index in [9.17, 15) is 0 Å². The van der Waals surface area contributed by atoms with Crippen molar-refractivity contribution in [2.75, 3.05) is 0 Å². The van der Waals surface area contributed by atoms with Crippen molar-refractivity contribution in [3.8, 4) is 0 Å². The normalized spacial score (nSPS) is 10.1. The van der Waals surface area contributed by atoms with Crippen LogP contribution in [0.1, 0.15) is 43.7 Å². The molecule has 1 rings (SSSR count). The van der Waals surface area contributed by atoms with Crippen molar-refractivity contribution >= 4 is 5.57 Å². The van der Waals surface area contributed by atoms with Crippen LogP contribution in [0.5, 0.6) is 0 Å². The zero-order valence-electron chi connectivity index (χ0n) is 10.6. The Morgan fingerprint density at radius 3 is 2.12 bits per heavy atom. The summed E-state index contributed by atoms with van der Waals surface area (Å²) in [4.78, 5) is 0. The maximum Gasteiger partial charge on any atom is -0.0230 e. The summed E-state index contributed by atoms with van der Waals surface area (Å²) in [5.74, 6) is 0. The molecule has 0 saturated carbocycles. The average molecular weight is 214 g/mol. The van der Waals surface area contributed by atoms with Gasteiger partial charge < -0.3 is 0 Å². The van der Waals surface area contributed by atoms with Crippen molar-refractivity contribution in [2.45, 2.75) is 39.5 Å². The first-order valence-corrected chi connectivity index (χ1v) is 5.99. The van der Waals surface area contributed by atoms with Crippen LogP contribution in [0.2, 0.25) is 0 Å². The largest absolute Gasteiger partial charge is 0.100 e. The molecule has 0 nitrogen and oxygen atoms in total. The van der Waals surface area contributed by atoms with Crippen LogP contribution in [0.4, 0.5) is 0 Å². The third-order valence-electron chi connectivity index (χ3n) is 2.79. The Morgan fingerprint density at radius 1 is 1.00 bits per heavy atom. The fourth-order valence-corrected chi connectivity index (χ4v) is 1.70. The average Bonchev–Trinajstić information content (AvgIpc) is 2.25. The molecule has 1 aromatic rings. The van der Waals surface area contributed by atoms with E-state index in [0.29, 0.717) is 0 Å². The van der Waals surface area contributed by atoms with Gasteiger partial charge in [0.05, 0.1) is 0 Å². The molecule has 1 aromatic carbocycles. The van der Waals surface area contributed by atoms with Gasteiger partial charge in [0.2, 0.25) is 0 Å². The predicted octanol–water partition coefficient (Wildman–Crippen LogP) is 5.14. The molecule has 86 valence electrons. The molecule has 0 N–H and O–H groups in total. The fraction of sp³-hybridized carbons (Fsp3) is 0.375. The summed E-state index contributed by atoms with van der Waals surface area (Å²) in [6.07, 6.45) is 4.66. The highest BCUT2D eigenvalue weighted by Crippen LogP contribution is 2.20. The first-order valence-electron chi connectivity index (χ1n) is 5.99. The van der Waals surface area contributed by atoms with Crippen LogP contribution in [0.25, 0.3) is 5.57 Å². The van der Waals surface area contributed by atoms with Gasteiger partial charge in [-0.15, -0.1) is 6.58 Å². The number of allylic oxidation sites excluding steroid dienone is 2. The van der Waals surface area contributed by atoms with E-state index in [-0.39, 0.29) is 0 Å².